The van der Waals surface area contributed by atoms with Gasteiger partial charge in [0.1, 0.15) is 5.76 Å². The number of rotatable bonds is 5. The van der Waals surface area contributed by atoms with E-state index >= 15 is 0 Å². The first-order chi connectivity index (χ1) is 11.2. The van der Waals surface area contributed by atoms with Crippen LogP contribution >= 0.6 is 0 Å². The lowest BCUT2D eigenvalue weighted by molar-refractivity contribution is 0.0950. The van der Waals surface area contributed by atoms with Crippen LogP contribution in [-0.4, -0.2) is 21.0 Å². The van der Waals surface area contributed by atoms with Gasteiger partial charge in [-0.05, 0) is 25.1 Å². The van der Waals surface area contributed by atoms with Gasteiger partial charge in [-0.3, -0.25) is 14.8 Å². The zero-order chi connectivity index (χ0) is 16.1. The number of nitrogens with zero attached hydrogens (tertiary/aromatic N) is 3. The van der Waals surface area contributed by atoms with Crippen molar-refractivity contribution in [3.8, 4) is 0 Å². The quantitative estimate of drug-likeness (QED) is 0.752. The standard InChI is InChI=1S/C16H15N5O2/c1-11-6-15(21-23-11)20-14-7-12(8-17-9-14)16(22)19-10-13-4-2-3-5-18-13/h2-9H,10H2,1H3,(H,19,22)(H,20,21). The molecule has 0 aliphatic heterocycles. The SMILES string of the molecule is Cc1cc(Nc2cncc(C(=O)NCc3ccccn3)c2)no1. The number of carbonyl (C=O) groups is 1. The lowest BCUT2D eigenvalue weighted by Gasteiger charge is -2.06. The molecule has 3 aromatic heterocycles. The van der Waals surface area contributed by atoms with Crippen LogP contribution in [0.25, 0.3) is 0 Å². The number of anilines is 2. The summed E-state index contributed by atoms with van der Waals surface area (Å²) in [5.41, 5.74) is 1.90. The third-order valence-electron chi connectivity index (χ3n) is 3.06. The molecule has 0 unspecified atom stereocenters. The highest BCUT2D eigenvalue weighted by Gasteiger charge is 2.08. The fraction of sp³-hybridized carbons (Fsp3) is 0.125. The van der Waals surface area contributed by atoms with E-state index in [1.54, 1.807) is 31.5 Å². The van der Waals surface area contributed by atoms with Crippen LogP contribution in [0.3, 0.4) is 0 Å². The van der Waals surface area contributed by atoms with Crippen LogP contribution in [0.4, 0.5) is 11.5 Å². The summed E-state index contributed by atoms with van der Waals surface area (Å²) in [7, 11) is 0. The monoisotopic (exact) mass is 309 g/mol. The van der Waals surface area contributed by atoms with Gasteiger partial charge in [-0.1, -0.05) is 11.2 Å². The molecule has 2 N–H and O–H groups in total. The van der Waals surface area contributed by atoms with Crippen molar-refractivity contribution >= 4 is 17.4 Å². The van der Waals surface area contributed by atoms with E-state index in [4.69, 9.17) is 4.52 Å². The number of aromatic nitrogens is 3. The molecule has 0 spiro atoms. The van der Waals surface area contributed by atoms with Crippen LogP contribution in [0.1, 0.15) is 21.8 Å². The van der Waals surface area contributed by atoms with Crippen molar-refractivity contribution in [2.75, 3.05) is 5.32 Å². The van der Waals surface area contributed by atoms with Crippen molar-refractivity contribution in [3.05, 3.63) is 65.9 Å². The van der Waals surface area contributed by atoms with E-state index < -0.39 is 0 Å². The Bertz CT molecular complexity index is 801. The van der Waals surface area contributed by atoms with Crippen molar-refractivity contribution in [1.29, 1.82) is 0 Å². The second kappa shape index (κ2) is 6.69. The number of hydrogen-bond acceptors (Lipinski definition) is 6. The Morgan fingerprint density at radius 3 is 2.91 bits per heavy atom. The highest BCUT2D eigenvalue weighted by Crippen LogP contribution is 2.16. The maximum absolute atomic E-state index is 12.2. The van der Waals surface area contributed by atoms with Crippen molar-refractivity contribution < 1.29 is 9.32 Å². The Kier molecular flexibility index (Phi) is 4.28. The summed E-state index contributed by atoms with van der Waals surface area (Å²) < 4.78 is 4.98. The zero-order valence-corrected chi connectivity index (χ0v) is 12.5. The minimum atomic E-state index is -0.219. The normalized spacial score (nSPS) is 10.3. The molecule has 0 saturated heterocycles. The van der Waals surface area contributed by atoms with Crippen molar-refractivity contribution in [3.63, 3.8) is 0 Å². The summed E-state index contributed by atoms with van der Waals surface area (Å²) in [6.45, 7) is 2.16. The average Bonchev–Trinajstić information content (AvgIpc) is 2.99. The van der Waals surface area contributed by atoms with Crippen molar-refractivity contribution in [2.45, 2.75) is 13.5 Å². The topological polar surface area (TPSA) is 92.9 Å². The van der Waals surface area contributed by atoms with Crippen LogP contribution in [0.15, 0.2) is 53.4 Å². The lowest BCUT2D eigenvalue weighted by Crippen LogP contribution is -2.23. The molecule has 0 atom stereocenters. The van der Waals surface area contributed by atoms with Gasteiger partial charge in [-0.2, -0.15) is 0 Å². The Labute approximate surface area is 132 Å². The Morgan fingerprint density at radius 2 is 2.17 bits per heavy atom. The summed E-state index contributed by atoms with van der Waals surface area (Å²) in [6, 6.07) is 9.01. The summed E-state index contributed by atoms with van der Waals surface area (Å²) >= 11 is 0. The highest BCUT2D eigenvalue weighted by molar-refractivity contribution is 5.94. The molecule has 3 heterocycles. The first-order valence-corrected chi connectivity index (χ1v) is 7.04. The number of nitrogens with one attached hydrogen (secondary N) is 2. The first kappa shape index (κ1) is 14.7. The van der Waals surface area contributed by atoms with Gasteiger partial charge in [0, 0.05) is 18.5 Å². The van der Waals surface area contributed by atoms with E-state index in [-0.39, 0.29) is 5.91 Å². The summed E-state index contributed by atoms with van der Waals surface area (Å²) in [5.74, 6) is 1.04. The fourth-order valence-electron chi connectivity index (χ4n) is 1.98. The molecule has 0 fully saturated rings. The number of pyridine rings is 2. The number of amides is 1. The van der Waals surface area contributed by atoms with Crippen LogP contribution < -0.4 is 10.6 Å². The smallest absolute Gasteiger partial charge is 0.253 e. The zero-order valence-electron chi connectivity index (χ0n) is 12.5. The summed E-state index contributed by atoms with van der Waals surface area (Å²) in [4.78, 5) is 20.4. The molecule has 0 radical (unpaired) electrons. The van der Waals surface area contributed by atoms with E-state index in [9.17, 15) is 4.79 Å². The van der Waals surface area contributed by atoms with Crippen LogP contribution in [0, 0.1) is 6.92 Å². The average molecular weight is 309 g/mol. The lowest BCUT2D eigenvalue weighted by atomic mass is 10.2. The number of aryl methyl sites for hydroxylation is 1. The van der Waals surface area contributed by atoms with E-state index in [2.05, 4.69) is 25.8 Å². The molecule has 0 bridgehead atoms. The second-order valence-electron chi connectivity index (χ2n) is 4.91. The molecular formula is C16H15N5O2. The maximum atomic E-state index is 12.2. The maximum Gasteiger partial charge on any atom is 0.253 e. The first-order valence-electron chi connectivity index (χ1n) is 7.04. The predicted octanol–water partition coefficient (Wildman–Crippen LogP) is 2.45. The van der Waals surface area contributed by atoms with Crippen LogP contribution in [0.2, 0.25) is 0 Å². The van der Waals surface area contributed by atoms with E-state index in [1.165, 1.54) is 6.20 Å². The third-order valence-corrected chi connectivity index (χ3v) is 3.06. The molecule has 0 aliphatic rings. The molecule has 23 heavy (non-hydrogen) atoms. The molecule has 0 aliphatic carbocycles. The largest absolute Gasteiger partial charge is 0.360 e. The van der Waals surface area contributed by atoms with Gasteiger partial charge in [0.25, 0.3) is 5.91 Å². The Balaban J connectivity index is 1.65. The minimum absolute atomic E-state index is 0.219. The van der Waals surface area contributed by atoms with Gasteiger partial charge in [-0.25, -0.2) is 0 Å². The molecule has 0 aromatic carbocycles. The number of hydrogen-bond donors (Lipinski definition) is 2. The highest BCUT2D eigenvalue weighted by atomic mass is 16.5. The predicted molar refractivity (Wildman–Crippen MR) is 84.2 cm³/mol. The van der Waals surface area contributed by atoms with Gasteiger partial charge < -0.3 is 15.2 Å². The van der Waals surface area contributed by atoms with Gasteiger partial charge >= 0.3 is 0 Å². The van der Waals surface area contributed by atoms with Gasteiger partial charge in [0.15, 0.2) is 5.82 Å². The summed E-state index contributed by atoms with van der Waals surface area (Å²) in [5, 5.41) is 9.68. The Hall–Kier alpha value is -3.22. The van der Waals surface area contributed by atoms with E-state index in [1.807, 2.05) is 18.2 Å². The summed E-state index contributed by atoms with van der Waals surface area (Å²) in [6.07, 6.45) is 4.81. The molecule has 1 amide bonds. The molecule has 3 rings (SSSR count). The van der Waals surface area contributed by atoms with Crippen molar-refractivity contribution in [2.24, 2.45) is 0 Å². The number of carbonyl (C=O) groups excluding carboxylic acids is 1. The third kappa shape index (κ3) is 3.91. The molecule has 7 heteroatoms. The van der Waals surface area contributed by atoms with Crippen molar-refractivity contribution in [1.82, 2.24) is 20.4 Å². The van der Waals surface area contributed by atoms with Gasteiger partial charge in [-0.15, -0.1) is 0 Å². The molecule has 7 nitrogen and oxygen atoms in total. The Morgan fingerprint density at radius 1 is 1.26 bits per heavy atom. The second-order valence-corrected chi connectivity index (χ2v) is 4.91. The van der Waals surface area contributed by atoms with Crippen LogP contribution in [-0.2, 0) is 6.54 Å². The van der Waals surface area contributed by atoms with Gasteiger partial charge in [0.05, 0.1) is 29.7 Å². The van der Waals surface area contributed by atoms with Gasteiger partial charge in [0.2, 0.25) is 0 Å². The van der Waals surface area contributed by atoms with E-state index in [0.29, 0.717) is 29.4 Å². The molecule has 3 aromatic rings. The molecular weight excluding hydrogens is 294 g/mol. The minimum Gasteiger partial charge on any atom is -0.360 e. The van der Waals surface area contributed by atoms with E-state index in [0.717, 1.165) is 5.69 Å². The molecule has 116 valence electrons. The van der Waals surface area contributed by atoms with Crippen LogP contribution in [0.5, 0.6) is 0 Å². The molecule has 0 saturated carbocycles. The fourth-order valence-corrected chi connectivity index (χ4v) is 1.98.